The van der Waals surface area contributed by atoms with Gasteiger partial charge in [0, 0.05) is 19.6 Å². The number of halogens is 3. The maximum Gasteiger partial charge on any atom is 0.573 e. The highest BCUT2D eigenvalue weighted by atomic mass is 32.2. The minimum absolute atomic E-state index is 0.109. The largest absolute Gasteiger partial charge is 0.573 e. The van der Waals surface area contributed by atoms with Crippen LogP contribution >= 0.6 is 11.8 Å². The van der Waals surface area contributed by atoms with Gasteiger partial charge in [0.2, 0.25) is 10.0 Å². The number of hydrogen-bond acceptors (Lipinski definition) is 7. The molecule has 0 unspecified atom stereocenters. The Kier molecular flexibility index (Phi) is 5.78. The van der Waals surface area contributed by atoms with Gasteiger partial charge in [0.15, 0.2) is 5.17 Å². The van der Waals surface area contributed by atoms with Crippen LogP contribution in [-0.2, 0) is 19.6 Å². The van der Waals surface area contributed by atoms with Gasteiger partial charge in [-0.05, 0) is 24.3 Å². The van der Waals surface area contributed by atoms with Crippen LogP contribution in [0.4, 0.5) is 13.2 Å². The van der Waals surface area contributed by atoms with Crippen LogP contribution in [0, 0.1) is 0 Å². The van der Waals surface area contributed by atoms with E-state index in [2.05, 4.69) is 9.73 Å². The lowest BCUT2D eigenvalue weighted by atomic mass is 10.2. The number of carbonyl (C=O) groups excluding carboxylic acids is 1. The van der Waals surface area contributed by atoms with E-state index < -0.39 is 34.1 Å². The van der Waals surface area contributed by atoms with E-state index in [1.807, 2.05) is 0 Å². The van der Waals surface area contributed by atoms with Crippen molar-refractivity contribution in [3.63, 3.8) is 0 Å². The number of hydrogen-bond donors (Lipinski definition) is 1. The quantitative estimate of drug-likeness (QED) is 0.717. The first-order valence-electron chi connectivity index (χ1n) is 8.07. The lowest BCUT2D eigenvalue weighted by molar-refractivity contribution is -0.274. The number of aliphatic carboxylic acids is 1. The molecule has 0 aromatic heterocycles. The first-order valence-corrected chi connectivity index (χ1v) is 10.5. The molecule has 0 aliphatic carbocycles. The fourth-order valence-corrected chi connectivity index (χ4v) is 5.23. The second-order valence-corrected chi connectivity index (χ2v) is 8.84. The molecule has 0 bridgehead atoms. The maximum absolute atomic E-state index is 12.9. The fraction of sp³-hybridized carbons (Fsp3) is 0.400. The van der Waals surface area contributed by atoms with Crippen molar-refractivity contribution in [1.82, 2.24) is 9.21 Å². The zero-order chi connectivity index (χ0) is 21.4. The number of ether oxygens (including phenoxy) is 1. The summed E-state index contributed by atoms with van der Waals surface area (Å²) in [6.45, 7) is -0.311. The van der Waals surface area contributed by atoms with Crippen LogP contribution in [0.25, 0.3) is 0 Å². The summed E-state index contributed by atoms with van der Waals surface area (Å²) in [6.07, 6.45) is -4.92. The number of amidine groups is 1. The summed E-state index contributed by atoms with van der Waals surface area (Å²) >= 11 is 1.14. The topological polar surface area (TPSA) is 117 Å². The molecule has 1 atom stereocenters. The van der Waals surface area contributed by atoms with Gasteiger partial charge in [-0.3, -0.25) is 9.59 Å². The second-order valence-electron chi connectivity index (χ2n) is 6.01. The van der Waals surface area contributed by atoms with Gasteiger partial charge < -0.3 is 14.7 Å². The number of sulfonamides is 1. The SMILES string of the molecule is O=C1CSC(N2CCN(S(=O)(=O)c3ccc(OC(F)(F)F)cc3)[C@@H](C(=O)O)C2)=N1. The zero-order valence-electron chi connectivity index (χ0n) is 14.5. The monoisotopic (exact) mass is 453 g/mol. The van der Waals surface area contributed by atoms with E-state index in [9.17, 15) is 36.3 Å². The molecular formula is C15H14F3N3O6S2. The van der Waals surface area contributed by atoms with Gasteiger partial charge in [-0.25, -0.2) is 8.42 Å². The third-order valence-corrected chi connectivity index (χ3v) is 7.02. The summed E-state index contributed by atoms with van der Waals surface area (Å²) < 4.78 is 66.9. The molecule has 14 heteroatoms. The minimum atomic E-state index is -4.92. The number of carboxylic acid groups (broad SMARTS) is 1. The first kappa shape index (κ1) is 21.4. The van der Waals surface area contributed by atoms with Gasteiger partial charge in [0.1, 0.15) is 11.8 Å². The predicted molar refractivity (Wildman–Crippen MR) is 94.9 cm³/mol. The Labute approximate surface area is 167 Å². The summed E-state index contributed by atoms with van der Waals surface area (Å²) in [7, 11) is -4.30. The molecule has 9 nitrogen and oxygen atoms in total. The van der Waals surface area contributed by atoms with E-state index >= 15 is 0 Å². The molecule has 3 rings (SSSR count). The number of alkyl halides is 3. The molecule has 1 aromatic rings. The maximum atomic E-state index is 12.9. The molecule has 0 radical (unpaired) electrons. The Morgan fingerprint density at radius 3 is 2.41 bits per heavy atom. The van der Waals surface area contributed by atoms with Crippen molar-refractivity contribution in [2.45, 2.75) is 17.3 Å². The normalized spacial score (nSPS) is 21.2. The van der Waals surface area contributed by atoms with Crippen molar-refractivity contribution < 1.29 is 41.0 Å². The number of amides is 1. The highest BCUT2D eigenvalue weighted by Crippen LogP contribution is 2.28. The van der Waals surface area contributed by atoms with Gasteiger partial charge in [0.25, 0.3) is 5.91 Å². The Morgan fingerprint density at radius 2 is 1.90 bits per heavy atom. The van der Waals surface area contributed by atoms with Gasteiger partial charge in [-0.2, -0.15) is 9.30 Å². The molecule has 1 fully saturated rings. The average Bonchev–Trinajstić information content (AvgIpc) is 3.06. The fourth-order valence-electron chi connectivity index (χ4n) is 2.84. The zero-order valence-corrected chi connectivity index (χ0v) is 16.1. The van der Waals surface area contributed by atoms with Crippen molar-refractivity contribution in [2.24, 2.45) is 4.99 Å². The average molecular weight is 453 g/mol. The summed E-state index contributed by atoms with van der Waals surface area (Å²) in [5.41, 5.74) is 0. The molecule has 0 saturated carbocycles. The van der Waals surface area contributed by atoms with Crippen molar-refractivity contribution in [3.05, 3.63) is 24.3 Å². The Balaban J connectivity index is 1.81. The van der Waals surface area contributed by atoms with E-state index in [1.165, 1.54) is 4.90 Å². The van der Waals surface area contributed by atoms with Crippen LogP contribution in [0.1, 0.15) is 0 Å². The molecule has 1 N–H and O–H groups in total. The van der Waals surface area contributed by atoms with Crippen molar-refractivity contribution >= 4 is 38.8 Å². The minimum Gasteiger partial charge on any atom is -0.480 e. The van der Waals surface area contributed by atoms with E-state index in [4.69, 9.17) is 0 Å². The Hall–Kier alpha value is -2.32. The molecule has 2 aliphatic heterocycles. The molecule has 158 valence electrons. The van der Waals surface area contributed by atoms with Crippen molar-refractivity contribution in [3.8, 4) is 5.75 Å². The lowest BCUT2D eigenvalue weighted by Crippen LogP contribution is -2.58. The van der Waals surface area contributed by atoms with E-state index in [-0.39, 0.29) is 36.2 Å². The van der Waals surface area contributed by atoms with Crippen molar-refractivity contribution in [1.29, 1.82) is 0 Å². The standard InChI is InChI=1S/C15H14F3N3O6S2/c16-15(17,18)27-9-1-3-10(4-2-9)29(25,26)21-6-5-20(7-11(21)13(23)24)14-19-12(22)8-28-14/h1-4,11H,5-8H2,(H,23,24)/t11-/m1/s1. The van der Waals surface area contributed by atoms with E-state index in [0.717, 1.165) is 40.3 Å². The number of thioether (sulfide) groups is 1. The van der Waals surface area contributed by atoms with Crippen LogP contribution in [0.3, 0.4) is 0 Å². The third-order valence-electron chi connectivity index (χ3n) is 4.10. The van der Waals surface area contributed by atoms with Gasteiger partial charge in [0.05, 0.1) is 10.6 Å². The molecule has 29 heavy (non-hydrogen) atoms. The number of carboxylic acids is 1. The highest BCUT2D eigenvalue weighted by molar-refractivity contribution is 8.14. The summed E-state index contributed by atoms with van der Waals surface area (Å²) in [5, 5.41) is 9.85. The van der Waals surface area contributed by atoms with Crippen LogP contribution in [-0.4, -0.2) is 77.6 Å². The van der Waals surface area contributed by atoms with Gasteiger partial charge >= 0.3 is 12.3 Å². The summed E-state index contributed by atoms with van der Waals surface area (Å²) in [6, 6.07) is 2.04. The Bertz CT molecular complexity index is 949. The summed E-state index contributed by atoms with van der Waals surface area (Å²) in [4.78, 5) is 27.9. The molecule has 1 amide bonds. The number of rotatable bonds is 4. The molecular weight excluding hydrogens is 439 g/mol. The lowest BCUT2D eigenvalue weighted by Gasteiger charge is -2.38. The van der Waals surface area contributed by atoms with Gasteiger partial charge in [-0.1, -0.05) is 11.8 Å². The smallest absolute Gasteiger partial charge is 0.480 e. The number of nitrogens with zero attached hydrogens (tertiary/aromatic N) is 3. The number of aliphatic imine (C=N–C) groups is 1. The molecule has 1 saturated heterocycles. The third kappa shape index (κ3) is 4.82. The predicted octanol–water partition coefficient (Wildman–Crippen LogP) is 0.974. The molecule has 2 aliphatic rings. The van der Waals surface area contributed by atoms with E-state index in [1.54, 1.807) is 0 Å². The Morgan fingerprint density at radius 1 is 1.24 bits per heavy atom. The molecule has 2 heterocycles. The number of carbonyl (C=O) groups is 2. The van der Waals surface area contributed by atoms with Crippen LogP contribution in [0.2, 0.25) is 0 Å². The van der Waals surface area contributed by atoms with E-state index in [0.29, 0.717) is 5.17 Å². The van der Waals surface area contributed by atoms with Gasteiger partial charge in [-0.15, -0.1) is 13.2 Å². The van der Waals surface area contributed by atoms with Crippen molar-refractivity contribution in [2.75, 3.05) is 25.4 Å². The first-order chi connectivity index (χ1) is 13.5. The summed E-state index contributed by atoms with van der Waals surface area (Å²) in [5.74, 6) is -2.21. The highest BCUT2D eigenvalue weighted by Gasteiger charge is 2.41. The number of benzene rings is 1. The van der Waals surface area contributed by atoms with Crippen LogP contribution in [0.15, 0.2) is 34.2 Å². The number of piperazine rings is 1. The molecule has 0 spiro atoms. The van der Waals surface area contributed by atoms with Crippen LogP contribution in [0.5, 0.6) is 5.75 Å². The second kappa shape index (κ2) is 7.84. The van der Waals surface area contributed by atoms with Crippen LogP contribution < -0.4 is 4.74 Å². The molecule has 1 aromatic carbocycles.